The molecule has 0 fully saturated rings. The maximum Gasteiger partial charge on any atom is 0.337 e. The Kier molecular flexibility index (Phi) is 6.29. The molecule has 2 amide bonds. The van der Waals surface area contributed by atoms with Crippen LogP contribution in [0.15, 0.2) is 59.1 Å². The number of amides is 2. The second kappa shape index (κ2) is 9.49. The third kappa shape index (κ3) is 4.58. The summed E-state index contributed by atoms with van der Waals surface area (Å²) in [7, 11) is 0. The van der Waals surface area contributed by atoms with E-state index >= 15 is 0 Å². The Bertz CT molecular complexity index is 1530. The first kappa shape index (κ1) is 23.2. The fraction of sp³-hybridized carbons (Fsp3) is 0.115. The maximum absolute atomic E-state index is 13.1. The second-order valence-electron chi connectivity index (χ2n) is 7.77. The van der Waals surface area contributed by atoms with Crippen molar-refractivity contribution in [3.63, 3.8) is 0 Å². The third-order valence-corrected chi connectivity index (χ3v) is 5.48. The number of carbonyl (C=O) groups excluding carboxylic acids is 2. The molecule has 4 aromatic rings. The van der Waals surface area contributed by atoms with Crippen molar-refractivity contribution in [1.82, 2.24) is 5.16 Å². The number of carbonyl (C=O) groups is 3. The predicted octanol–water partition coefficient (Wildman–Crippen LogP) is 4.97. The standard InChI is InChI=1S/C26H20N4O5/c1-3-23(31)28-21-12-22-19(11-17(21)16-7-5-4-6-14(16)2)24(30-35-22)25(32)29-20-9-8-15(13-27)10-18(20)26(33)34/h4-12H,3H2,1-2H3,(H,28,31)(H,29,32)(H,33,34). The van der Waals surface area contributed by atoms with Gasteiger partial charge >= 0.3 is 5.97 Å². The van der Waals surface area contributed by atoms with Gasteiger partial charge in [0, 0.05) is 18.1 Å². The van der Waals surface area contributed by atoms with Gasteiger partial charge in [-0.25, -0.2) is 4.79 Å². The molecule has 0 aliphatic rings. The number of carboxylic acid groups (broad SMARTS) is 1. The molecule has 9 heteroatoms. The molecule has 0 spiro atoms. The van der Waals surface area contributed by atoms with Crippen molar-refractivity contribution in [2.45, 2.75) is 20.3 Å². The zero-order valence-corrected chi connectivity index (χ0v) is 18.9. The van der Waals surface area contributed by atoms with E-state index < -0.39 is 11.9 Å². The van der Waals surface area contributed by atoms with Gasteiger partial charge in [0.2, 0.25) is 5.91 Å². The minimum Gasteiger partial charge on any atom is -0.478 e. The van der Waals surface area contributed by atoms with E-state index in [-0.39, 0.29) is 40.4 Å². The van der Waals surface area contributed by atoms with E-state index in [1.165, 1.54) is 18.2 Å². The monoisotopic (exact) mass is 468 g/mol. The number of hydrogen-bond acceptors (Lipinski definition) is 6. The van der Waals surface area contributed by atoms with Crippen LogP contribution in [0.5, 0.6) is 0 Å². The molecular formula is C26H20N4O5. The van der Waals surface area contributed by atoms with Crippen LogP contribution in [0, 0.1) is 18.3 Å². The molecule has 4 rings (SSSR count). The molecule has 1 heterocycles. The number of aromatic nitrogens is 1. The number of hydrogen-bond donors (Lipinski definition) is 3. The second-order valence-corrected chi connectivity index (χ2v) is 7.77. The van der Waals surface area contributed by atoms with Crippen molar-refractivity contribution in [2.24, 2.45) is 0 Å². The average Bonchev–Trinajstić information content (AvgIpc) is 3.26. The van der Waals surface area contributed by atoms with Crippen LogP contribution in [0.25, 0.3) is 22.1 Å². The zero-order chi connectivity index (χ0) is 25.1. The van der Waals surface area contributed by atoms with E-state index in [0.717, 1.165) is 11.1 Å². The Hall–Kier alpha value is -4.97. The van der Waals surface area contributed by atoms with Crippen LogP contribution in [0.4, 0.5) is 11.4 Å². The molecule has 0 aliphatic carbocycles. The lowest BCUT2D eigenvalue weighted by Gasteiger charge is -2.13. The van der Waals surface area contributed by atoms with Gasteiger partial charge in [0.1, 0.15) is 0 Å². The highest BCUT2D eigenvalue weighted by molar-refractivity contribution is 6.14. The van der Waals surface area contributed by atoms with Crippen molar-refractivity contribution in [2.75, 3.05) is 10.6 Å². The molecule has 174 valence electrons. The van der Waals surface area contributed by atoms with Crippen LogP contribution in [-0.4, -0.2) is 28.0 Å². The van der Waals surface area contributed by atoms with Crippen LogP contribution >= 0.6 is 0 Å². The van der Waals surface area contributed by atoms with E-state index in [2.05, 4.69) is 15.8 Å². The first-order valence-electron chi connectivity index (χ1n) is 10.7. The van der Waals surface area contributed by atoms with E-state index in [4.69, 9.17) is 9.78 Å². The maximum atomic E-state index is 13.1. The van der Waals surface area contributed by atoms with Crippen molar-refractivity contribution >= 4 is 40.1 Å². The van der Waals surface area contributed by atoms with Crippen molar-refractivity contribution < 1.29 is 24.0 Å². The van der Waals surface area contributed by atoms with Gasteiger partial charge in [-0.2, -0.15) is 5.26 Å². The molecule has 3 N–H and O–H groups in total. The van der Waals surface area contributed by atoms with Crippen LogP contribution in [0.3, 0.4) is 0 Å². The SMILES string of the molecule is CCC(=O)Nc1cc2onc(C(=O)Nc3ccc(C#N)cc3C(=O)O)c2cc1-c1ccccc1C. The summed E-state index contributed by atoms with van der Waals surface area (Å²) in [6, 6.07) is 16.7. The molecule has 0 aliphatic heterocycles. The van der Waals surface area contributed by atoms with Gasteiger partial charge in [0.05, 0.1) is 34.0 Å². The van der Waals surface area contributed by atoms with Gasteiger partial charge in [0.25, 0.3) is 5.91 Å². The first-order chi connectivity index (χ1) is 16.8. The summed E-state index contributed by atoms with van der Waals surface area (Å²) >= 11 is 0. The van der Waals surface area contributed by atoms with E-state index in [1.54, 1.807) is 19.1 Å². The lowest BCUT2D eigenvalue weighted by atomic mass is 9.97. The topological polar surface area (TPSA) is 145 Å². The van der Waals surface area contributed by atoms with Gasteiger partial charge in [-0.1, -0.05) is 36.3 Å². The number of benzene rings is 3. The molecule has 3 aromatic carbocycles. The molecule has 0 saturated carbocycles. The number of carboxylic acids is 1. The Morgan fingerprint density at radius 2 is 1.80 bits per heavy atom. The summed E-state index contributed by atoms with van der Waals surface area (Å²) in [6.07, 6.45) is 0.284. The molecule has 0 bridgehead atoms. The molecule has 0 unspecified atom stereocenters. The van der Waals surface area contributed by atoms with Gasteiger partial charge in [0.15, 0.2) is 11.3 Å². The lowest BCUT2D eigenvalue weighted by Crippen LogP contribution is -2.15. The molecular weight excluding hydrogens is 448 g/mol. The van der Waals surface area contributed by atoms with E-state index in [1.807, 2.05) is 37.3 Å². The zero-order valence-electron chi connectivity index (χ0n) is 18.9. The number of anilines is 2. The molecule has 35 heavy (non-hydrogen) atoms. The molecule has 9 nitrogen and oxygen atoms in total. The summed E-state index contributed by atoms with van der Waals surface area (Å²) in [5.74, 6) is -2.16. The number of nitrogens with zero attached hydrogens (tertiary/aromatic N) is 2. The molecule has 1 aromatic heterocycles. The fourth-order valence-corrected chi connectivity index (χ4v) is 3.67. The van der Waals surface area contributed by atoms with E-state index in [9.17, 15) is 19.5 Å². The van der Waals surface area contributed by atoms with Gasteiger partial charge in [-0.05, 0) is 42.3 Å². The summed E-state index contributed by atoms with van der Waals surface area (Å²) in [4.78, 5) is 36.9. The van der Waals surface area contributed by atoms with Crippen LogP contribution in [-0.2, 0) is 4.79 Å². The summed E-state index contributed by atoms with van der Waals surface area (Å²) in [5, 5.41) is 28.2. The number of aromatic carboxylic acids is 1. The predicted molar refractivity (Wildman–Crippen MR) is 129 cm³/mol. The molecule has 0 saturated heterocycles. The Morgan fingerprint density at radius 1 is 1.03 bits per heavy atom. The summed E-state index contributed by atoms with van der Waals surface area (Å²) in [5.41, 5.74) is 3.18. The van der Waals surface area contributed by atoms with Crippen molar-refractivity contribution in [3.8, 4) is 17.2 Å². The largest absolute Gasteiger partial charge is 0.478 e. The highest BCUT2D eigenvalue weighted by atomic mass is 16.5. The van der Waals surface area contributed by atoms with Crippen LogP contribution in [0.2, 0.25) is 0 Å². The van der Waals surface area contributed by atoms with Crippen LogP contribution < -0.4 is 10.6 Å². The fourth-order valence-electron chi connectivity index (χ4n) is 3.67. The summed E-state index contributed by atoms with van der Waals surface area (Å²) < 4.78 is 5.38. The Labute approximate surface area is 200 Å². The van der Waals surface area contributed by atoms with Gasteiger partial charge in [-0.15, -0.1) is 0 Å². The van der Waals surface area contributed by atoms with Crippen molar-refractivity contribution in [1.29, 1.82) is 5.26 Å². The average molecular weight is 468 g/mol. The minimum absolute atomic E-state index is 0.0172. The van der Waals surface area contributed by atoms with Crippen molar-refractivity contribution in [3.05, 3.63) is 77.0 Å². The summed E-state index contributed by atoms with van der Waals surface area (Å²) in [6.45, 7) is 3.68. The van der Waals surface area contributed by atoms with Crippen LogP contribution in [0.1, 0.15) is 45.3 Å². The molecule has 0 radical (unpaired) electrons. The highest BCUT2D eigenvalue weighted by Crippen LogP contribution is 2.36. The lowest BCUT2D eigenvalue weighted by molar-refractivity contribution is -0.115. The Morgan fingerprint density at radius 3 is 2.49 bits per heavy atom. The number of nitrogens with one attached hydrogen (secondary N) is 2. The molecule has 0 atom stereocenters. The van der Waals surface area contributed by atoms with Gasteiger partial charge < -0.3 is 20.3 Å². The number of aryl methyl sites for hydroxylation is 1. The van der Waals surface area contributed by atoms with E-state index in [0.29, 0.717) is 16.6 Å². The van der Waals surface area contributed by atoms with Gasteiger partial charge in [-0.3, -0.25) is 9.59 Å². The highest BCUT2D eigenvalue weighted by Gasteiger charge is 2.22. The smallest absolute Gasteiger partial charge is 0.337 e. The third-order valence-electron chi connectivity index (χ3n) is 5.48. The normalized spacial score (nSPS) is 10.5. The quantitative estimate of drug-likeness (QED) is 0.362. The number of nitriles is 1. The Balaban J connectivity index is 1.80. The number of rotatable bonds is 6. The first-order valence-corrected chi connectivity index (χ1v) is 10.7. The number of fused-ring (bicyclic) bond motifs is 1. The minimum atomic E-state index is -1.29.